The monoisotopic (exact) mass is 409 g/mol. The van der Waals surface area contributed by atoms with E-state index in [0.29, 0.717) is 0 Å². The highest BCUT2D eigenvalue weighted by Gasteiger charge is 2.23. The van der Waals surface area contributed by atoms with Gasteiger partial charge in [0.2, 0.25) is 16.8 Å². The first-order valence-corrected chi connectivity index (χ1v) is 8.90. The average molecular weight is 409 g/mol. The number of nitrogens with zero attached hydrogens (tertiary/aromatic N) is 3. The fraction of sp³-hybridized carbons (Fsp3) is 0.0714. The molecule has 0 saturated heterocycles. The normalized spacial score (nSPS) is 12.9. The number of primary sulfonamides is 1. The smallest absolute Gasteiger partial charge is 0.295 e. The van der Waals surface area contributed by atoms with E-state index in [1.165, 1.54) is 12.1 Å². The van der Waals surface area contributed by atoms with Gasteiger partial charge in [-0.25, -0.2) is 13.6 Å². The van der Waals surface area contributed by atoms with Crippen molar-refractivity contribution in [1.82, 2.24) is 0 Å². The second kappa shape index (κ2) is 7.09. The van der Waals surface area contributed by atoms with E-state index in [1.54, 1.807) is 0 Å². The summed E-state index contributed by atoms with van der Waals surface area (Å²) < 4.78 is 32.9. The minimum Gasteiger partial charge on any atom is -0.454 e. The number of anilines is 1. The molecule has 0 fully saturated rings. The van der Waals surface area contributed by atoms with Gasteiger partial charge in [-0.1, -0.05) is 0 Å². The summed E-state index contributed by atoms with van der Waals surface area (Å²) in [5.41, 5.74) is 1.37. The van der Waals surface area contributed by atoms with Gasteiger partial charge in [-0.3, -0.25) is 25.7 Å². The first kappa shape index (κ1) is 19.0. The van der Waals surface area contributed by atoms with E-state index in [1.807, 2.05) is 0 Å². The lowest BCUT2D eigenvalue weighted by molar-refractivity contribution is -0.385. The van der Waals surface area contributed by atoms with Crippen molar-refractivity contribution in [1.29, 1.82) is 0 Å². The summed E-state index contributed by atoms with van der Waals surface area (Å²) in [6.45, 7) is -0.0755. The molecule has 13 nitrogen and oxygen atoms in total. The highest BCUT2D eigenvalue weighted by atomic mass is 32.2. The number of nitrogens with one attached hydrogen (secondary N) is 1. The zero-order valence-corrected chi connectivity index (χ0v) is 14.6. The molecule has 0 radical (unpaired) electrons. The summed E-state index contributed by atoms with van der Waals surface area (Å²) in [6, 6.07) is 5.44. The molecule has 2 aromatic carbocycles. The summed E-state index contributed by atoms with van der Waals surface area (Å²) in [5, 5.41) is 31.1. The van der Waals surface area contributed by atoms with Crippen molar-refractivity contribution in [2.45, 2.75) is 4.90 Å². The predicted octanol–water partition coefficient (Wildman–Crippen LogP) is 1.33. The van der Waals surface area contributed by atoms with Crippen molar-refractivity contribution in [2.75, 3.05) is 12.2 Å². The van der Waals surface area contributed by atoms with Crippen molar-refractivity contribution in [2.24, 2.45) is 10.2 Å². The van der Waals surface area contributed by atoms with E-state index in [-0.39, 0.29) is 35.2 Å². The molecule has 3 N–H and O–H groups in total. The summed E-state index contributed by atoms with van der Waals surface area (Å²) in [5.74, 6) is 0.501. The van der Waals surface area contributed by atoms with Crippen LogP contribution in [0.4, 0.5) is 17.1 Å². The number of nitro benzene ring substituents is 2. The molecule has 1 aliphatic rings. The molecule has 14 heteroatoms. The van der Waals surface area contributed by atoms with Gasteiger partial charge in [-0.2, -0.15) is 5.10 Å². The van der Waals surface area contributed by atoms with E-state index in [0.717, 1.165) is 24.4 Å². The summed E-state index contributed by atoms with van der Waals surface area (Å²) in [4.78, 5) is 20.4. The molecule has 0 amide bonds. The molecule has 0 unspecified atom stereocenters. The summed E-state index contributed by atoms with van der Waals surface area (Å²) in [6.07, 6.45) is 1.07. The minimum atomic E-state index is -4.13. The predicted molar refractivity (Wildman–Crippen MR) is 94.9 cm³/mol. The maximum Gasteiger partial charge on any atom is 0.295 e. The third-order valence-electron chi connectivity index (χ3n) is 3.60. The number of hydrogen-bond acceptors (Lipinski definition) is 10. The van der Waals surface area contributed by atoms with Crippen LogP contribution in [-0.2, 0) is 10.0 Å². The van der Waals surface area contributed by atoms with Crippen LogP contribution in [0.5, 0.6) is 11.5 Å². The van der Waals surface area contributed by atoms with Crippen LogP contribution in [-0.4, -0.2) is 31.3 Å². The van der Waals surface area contributed by atoms with Crippen molar-refractivity contribution < 1.29 is 27.7 Å². The Balaban J connectivity index is 1.91. The van der Waals surface area contributed by atoms with Gasteiger partial charge < -0.3 is 9.47 Å². The second-order valence-corrected chi connectivity index (χ2v) is 6.93. The molecular weight excluding hydrogens is 398 g/mol. The van der Waals surface area contributed by atoms with Gasteiger partial charge in [0, 0.05) is 6.07 Å². The molecule has 0 aromatic heterocycles. The zero-order chi connectivity index (χ0) is 20.5. The summed E-state index contributed by atoms with van der Waals surface area (Å²) in [7, 11) is -4.13. The van der Waals surface area contributed by atoms with Gasteiger partial charge in [-0.05, 0) is 18.2 Å². The largest absolute Gasteiger partial charge is 0.454 e. The molecule has 2 aromatic rings. The van der Waals surface area contributed by atoms with Crippen molar-refractivity contribution >= 4 is 33.3 Å². The van der Waals surface area contributed by atoms with Crippen LogP contribution in [0, 0.1) is 20.2 Å². The Hall–Kier alpha value is -3.78. The third kappa shape index (κ3) is 3.81. The molecule has 0 atom stereocenters. The highest BCUT2D eigenvalue weighted by molar-refractivity contribution is 7.89. The lowest BCUT2D eigenvalue weighted by atomic mass is 10.1. The van der Waals surface area contributed by atoms with Crippen LogP contribution < -0.4 is 20.0 Å². The zero-order valence-electron chi connectivity index (χ0n) is 13.8. The quantitative estimate of drug-likeness (QED) is 0.402. The fourth-order valence-electron chi connectivity index (χ4n) is 2.31. The van der Waals surface area contributed by atoms with Crippen LogP contribution in [0.3, 0.4) is 0 Å². The fourth-order valence-corrected chi connectivity index (χ4v) is 2.85. The highest BCUT2D eigenvalue weighted by Crippen LogP contribution is 2.37. The maximum absolute atomic E-state index is 11.3. The van der Waals surface area contributed by atoms with Gasteiger partial charge in [0.05, 0.1) is 32.6 Å². The molecule has 1 heterocycles. The van der Waals surface area contributed by atoms with Gasteiger partial charge in [0.1, 0.15) is 5.69 Å². The molecule has 146 valence electrons. The Morgan fingerprint density at radius 3 is 2.32 bits per heavy atom. The number of nitro groups is 2. The molecule has 1 aliphatic heterocycles. The standard InChI is InChI=1S/C14H11N5O8S/c15-28(24,25)9-1-2-10(12(4-9)19(22)23)17-16-6-8-3-13-14(27-7-26-13)5-11(8)18(20)21/h1-6,17H,7H2,(H2,15,24,25). The SMILES string of the molecule is NS(=O)(=O)c1ccc(NN=Cc2cc3c(cc2[N+](=O)[O-])OCO3)c([N+](=O)[O-])c1. The number of sulfonamides is 1. The number of ether oxygens (including phenoxy) is 2. The molecule has 28 heavy (non-hydrogen) atoms. The average Bonchev–Trinajstić information content (AvgIpc) is 3.07. The van der Waals surface area contributed by atoms with Crippen LogP contribution in [0.1, 0.15) is 5.56 Å². The topological polar surface area (TPSA) is 189 Å². The number of nitrogens with two attached hydrogens (primary N) is 1. The van der Waals surface area contributed by atoms with Gasteiger partial charge >= 0.3 is 0 Å². The molecule has 0 aliphatic carbocycles. The van der Waals surface area contributed by atoms with Crippen molar-refractivity contribution in [3.8, 4) is 11.5 Å². The molecule has 0 saturated carbocycles. The number of benzene rings is 2. The molecular formula is C14H11N5O8S. The van der Waals surface area contributed by atoms with E-state index in [9.17, 15) is 28.6 Å². The Labute approximate surface area is 156 Å². The van der Waals surface area contributed by atoms with E-state index in [4.69, 9.17) is 14.6 Å². The van der Waals surface area contributed by atoms with E-state index >= 15 is 0 Å². The van der Waals surface area contributed by atoms with Crippen LogP contribution in [0.25, 0.3) is 0 Å². The number of fused-ring (bicyclic) bond motifs is 1. The maximum atomic E-state index is 11.3. The Bertz CT molecular complexity index is 1110. The molecule has 0 spiro atoms. The third-order valence-corrected chi connectivity index (χ3v) is 4.51. The van der Waals surface area contributed by atoms with Crippen LogP contribution in [0.15, 0.2) is 40.3 Å². The minimum absolute atomic E-state index is 0.0607. The Kier molecular flexibility index (Phi) is 4.81. The Morgan fingerprint density at radius 2 is 1.71 bits per heavy atom. The number of rotatable bonds is 6. The van der Waals surface area contributed by atoms with Gasteiger partial charge in [0.25, 0.3) is 11.4 Å². The second-order valence-electron chi connectivity index (χ2n) is 5.37. The number of hydrogen-bond donors (Lipinski definition) is 2. The van der Waals surface area contributed by atoms with Gasteiger partial charge in [0.15, 0.2) is 11.5 Å². The summed E-state index contributed by atoms with van der Waals surface area (Å²) >= 11 is 0. The van der Waals surface area contributed by atoms with E-state index < -0.39 is 30.5 Å². The molecule has 0 bridgehead atoms. The van der Waals surface area contributed by atoms with Crippen molar-refractivity contribution in [3.05, 3.63) is 56.1 Å². The van der Waals surface area contributed by atoms with Gasteiger partial charge in [-0.15, -0.1) is 0 Å². The number of hydrazone groups is 1. The van der Waals surface area contributed by atoms with Crippen LogP contribution in [0.2, 0.25) is 0 Å². The lowest BCUT2D eigenvalue weighted by Gasteiger charge is -2.04. The Morgan fingerprint density at radius 1 is 1.07 bits per heavy atom. The first-order valence-electron chi connectivity index (χ1n) is 7.35. The van der Waals surface area contributed by atoms with Crippen molar-refractivity contribution in [3.63, 3.8) is 0 Å². The van der Waals surface area contributed by atoms with E-state index in [2.05, 4.69) is 10.5 Å². The van der Waals surface area contributed by atoms with Crippen LogP contribution >= 0.6 is 0 Å². The molecule has 3 rings (SSSR count). The first-order chi connectivity index (χ1) is 13.2. The lowest BCUT2D eigenvalue weighted by Crippen LogP contribution is -2.12.